The molecule has 212 valence electrons. The zero-order valence-corrected chi connectivity index (χ0v) is 22.2. The van der Waals surface area contributed by atoms with E-state index in [1.807, 2.05) is 12.1 Å². The fourth-order valence-corrected chi connectivity index (χ4v) is 4.35. The Morgan fingerprint density at radius 3 is 2.29 bits per heavy atom. The highest BCUT2D eigenvalue weighted by atomic mass is 16.4. The largest absolute Gasteiger partial charge is 0.478 e. The number of hydrogen-bond acceptors (Lipinski definition) is 10. The van der Waals surface area contributed by atoms with E-state index < -0.39 is 28.6 Å². The average molecular weight is 569 g/mol. The number of aromatic nitrogens is 4. The number of anilines is 2. The fraction of sp³-hybridized carbons (Fsp3) is 0.143. The normalized spacial score (nSPS) is 11.0. The Bertz CT molecular complexity index is 1940. The van der Waals surface area contributed by atoms with Crippen LogP contribution < -0.4 is 32.5 Å². The molecule has 0 fully saturated rings. The van der Waals surface area contributed by atoms with Gasteiger partial charge in [0.1, 0.15) is 22.8 Å². The molecule has 0 aliphatic heterocycles. The molecule has 0 saturated heterocycles. The number of rotatable bonds is 10. The van der Waals surface area contributed by atoms with Crippen molar-refractivity contribution in [2.45, 2.75) is 26.6 Å². The molecule has 42 heavy (non-hydrogen) atoms. The van der Waals surface area contributed by atoms with E-state index in [9.17, 15) is 29.1 Å². The standard InChI is InChI=1S/C28H24N8O6/c1-14-7-17(5-6-18(14)28(41)42)12-31-26(39)19-9-20(36-21(34-19)13-33-35-36)27(40)32-11-16-4-2-3-15(8-16)10-30-23-22(29)24(37)25(23)38/h2-9,13,30H,10-12,29H2,1H3,(H,31,39)(H,32,40)(H,41,42). The molecule has 5 rings (SSSR count). The summed E-state index contributed by atoms with van der Waals surface area (Å²) in [4.78, 5) is 64.4. The number of benzene rings is 2. The van der Waals surface area contributed by atoms with Gasteiger partial charge in [0.15, 0.2) is 5.65 Å². The van der Waals surface area contributed by atoms with Gasteiger partial charge in [0.2, 0.25) is 0 Å². The Morgan fingerprint density at radius 2 is 1.60 bits per heavy atom. The maximum Gasteiger partial charge on any atom is 0.335 e. The van der Waals surface area contributed by atoms with Gasteiger partial charge in [-0.05, 0) is 35.2 Å². The lowest BCUT2D eigenvalue weighted by molar-refractivity contribution is 0.0695. The zero-order valence-electron chi connectivity index (χ0n) is 22.2. The van der Waals surface area contributed by atoms with Gasteiger partial charge in [-0.2, -0.15) is 4.52 Å². The molecule has 5 aromatic rings. The summed E-state index contributed by atoms with van der Waals surface area (Å²) in [5.74, 6) is -2.11. The summed E-state index contributed by atoms with van der Waals surface area (Å²) in [6.07, 6.45) is 1.32. The van der Waals surface area contributed by atoms with E-state index in [0.717, 1.165) is 11.1 Å². The second-order valence-electron chi connectivity index (χ2n) is 9.47. The molecule has 0 radical (unpaired) electrons. The summed E-state index contributed by atoms with van der Waals surface area (Å²) in [5, 5.41) is 25.3. The van der Waals surface area contributed by atoms with Crippen LogP contribution in [0.25, 0.3) is 5.65 Å². The molecule has 0 atom stereocenters. The topological polar surface area (TPSA) is 211 Å². The number of hydrogen-bond donors (Lipinski definition) is 5. The number of carboxylic acid groups (broad SMARTS) is 1. The number of carboxylic acids is 1. The number of nitrogens with two attached hydrogens (primary N) is 1. The van der Waals surface area contributed by atoms with Gasteiger partial charge < -0.3 is 26.8 Å². The third-order valence-corrected chi connectivity index (χ3v) is 6.57. The van der Waals surface area contributed by atoms with E-state index in [2.05, 4.69) is 31.2 Å². The van der Waals surface area contributed by atoms with Gasteiger partial charge in [-0.25, -0.2) is 9.78 Å². The third-order valence-electron chi connectivity index (χ3n) is 6.57. The number of fused-ring (bicyclic) bond motifs is 1. The van der Waals surface area contributed by atoms with Crippen LogP contribution in [0.3, 0.4) is 0 Å². The average Bonchev–Trinajstić information content (AvgIpc) is 3.47. The van der Waals surface area contributed by atoms with Crippen LogP contribution in [-0.4, -0.2) is 42.7 Å². The van der Waals surface area contributed by atoms with Crippen molar-refractivity contribution < 1.29 is 19.5 Å². The van der Waals surface area contributed by atoms with E-state index in [4.69, 9.17) is 5.73 Å². The van der Waals surface area contributed by atoms with Gasteiger partial charge in [-0.3, -0.25) is 19.2 Å². The minimum absolute atomic E-state index is 0.0282. The first-order chi connectivity index (χ1) is 20.1. The first kappa shape index (κ1) is 27.6. The van der Waals surface area contributed by atoms with Crippen LogP contribution in [0.1, 0.15) is 53.6 Å². The lowest BCUT2D eigenvalue weighted by atomic mass is 10.1. The first-order valence-electron chi connectivity index (χ1n) is 12.6. The smallest absolute Gasteiger partial charge is 0.335 e. The molecule has 0 saturated carbocycles. The Hall–Kier alpha value is -5.92. The predicted molar refractivity (Wildman–Crippen MR) is 151 cm³/mol. The lowest BCUT2D eigenvalue weighted by Crippen LogP contribution is -2.36. The van der Waals surface area contributed by atoms with E-state index in [1.54, 1.807) is 31.2 Å². The summed E-state index contributed by atoms with van der Waals surface area (Å²) >= 11 is 0. The number of nitrogens with zero attached hydrogens (tertiary/aromatic N) is 4. The molecule has 3 aromatic carbocycles. The van der Waals surface area contributed by atoms with Crippen molar-refractivity contribution in [2.75, 3.05) is 11.1 Å². The van der Waals surface area contributed by atoms with Crippen molar-refractivity contribution in [1.29, 1.82) is 0 Å². The van der Waals surface area contributed by atoms with E-state index >= 15 is 0 Å². The first-order valence-corrected chi connectivity index (χ1v) is 12.6. The number of aryl methyl sites for hydroxylation is 1. The molecule has 2 heterocycles. The molecule has 2 aromatic heterocycles. The second kappa shape index (κ2) is 11.3. The maximum atomic E-state index is 13.1. The van der Waals surface area contributed by atoms with Crippen LogP contribution in [0.15, 0.2) is 64.3 Å². The maximum absolute atomic E-state index is 13.1. The van der Waals surface area contributed by atoms with Crippen LogP contribution >= 0.6 is 0 Å². The quantitative estimate of drug-likeness (QED) is 0.149. The number of nitrogen functional groups attached to an aromatic ring is 1. The van der Waals surface area contributed by atoms with E-state index in [-0.39, 0.29) is 53.6 Å². The molecule has 0 bridgehead atoms. The Labute approximate surface area is 236 Å². The Balaban J connectivity index is 1.25. The van der Waals surface area contributed by atoms with Crippen molar-refractivity contribution in [1.82, 2.24) is 30.4 Å². The number of carbonyl (C=O) groups excluding carboxylic acids is 2. The molecule has 14 heteroatoms. The summed E-state index contributed by atoms with van der Waals surface area (Å²) in [6, 6.07) is 13.3. The Kier molecular flexibility index (Phi) is 7.43. The van der Waals surface area contributed by atoms with Gasteiger partial charge in [0, 0.05) is 25.7 Å². The minimum Gasteiger partial charge on any atom is -0.478 e. The molecular formula is C28H24N8O6. The highest BCUT2D eigenvalue weighted by Gasteiger charge is 2.19. The second-order valence-corrected chi connectivity index (χ2v) is 9.47. The summed E-state index contributed by atoms with van der Waals surface area (Å²) < 4.78 is 1.22. The van der Waals surface area contributed by atoms with Crippen molar-refractivity contribution in [3.05, 3.63) is 114 Å². The molecule has 6 N–H and O–H groups in total. The predicted octanol–water partition coefficient (Wildman–Crippen LogP) is 0.781. The van der Waals surface area contributed by atoms with Crippen molar-refractivity contribution in [3.8, 4) is 0 Å². The zero-order chi connectivity index (χ0) is 30.0. The summed E-state index contributed by atoms with van der Waals surface area (Å²) in [7, 11) is 0. The van der Waals surface area contributed by atoms with Gasteiger partial charge in [-0.15, -0.1) is 5.10 Å². The SMILES string of the molecule is Cc1cc(CNC(=O)c2cc(C(=O)NCc3cccc(CNc4c(N)c(=O)c4=O)c3)n3nncc3n2)ccc1C(=O)O. The monoisotopic (exact) mass is 568 g/mol. The molecule has 0 aliphatic carbocycles. The molecule has 0 spiro atoms. The van der Waals surface area contributed by atoms with Crippen molar-refractivity contribution in [2.24, 2.45) is 0 Å². The van der Waals surface area contributed by atoms with Gasteiger partial charge in [0.05, 0.1) is 11.8 Å². The number of aromatic carboxylic acids is 1. The van der Waals surface area contributed by atoms with Crippen LogP contribution in [0.4, 0.5) is 11.4 Å². The molecule has 0 unspecified atom stereocenters. The highest BCUT2D eigenvalue weighted by molar-refractivity contribution is 5.98. The molecule has 0 aliphatic rings. The van der Waals surface area contributed by atoms with Crippen molar-refractivity contribution in [3.63, 3.8) is 0 Å². The van der Waals surface area contributed by atoms with Gasteiger partial charge in [0.25, 0.3) is 22.7 Å². The van der Waals surface area contributed by atoms with Gasteiger partial charge in [-0.1, -0.05) is 41.6 Å². The van der Waals surface area contributed by atoms with Crippen LogP contribution in [0.5, 0.6) is 0 Å². The highest BCUT2D eigenvalue weighted by Crippen LogP contribution is 2.14. The number of amides is 2. The Morgan fingerprint density at radius 1 is 0.905 bits per heavy atom. The van der Waals surface area contributed by atoms with E-state index in [1.165, 1.54) is 22.8 Å². The van der Waals surface area contributed by atoms with Crippen molar-refractivity contribution >= 4 is 34.8 Å². The minimum atomic E-state index is -1.03. The summed E-state index contributed by atoms with van der Waals surface area (Å²) in [6.45, 7) is 2.18. The number of nitrogens with one attached hydrogen (secondary N) is 3. The fourth-order valence-electron chi connectivity index (χ4n) is 4.35. The van der Waals surface area contributed by atoms with Crippen LogP contribution in [-0.2, 0) is 19.6 Å². The van der Waals surface area contributed by atoms with E-state index in [0.29, 0.717) is 11.1 Å². The lowest BCUT2D eigenvalue weighted by Gasteiger charge is -2.12. The van der Waals surface area contributed by atoms with Gasteiger partial charge >= 0.3 is 5.97 Å². The molecular weight excluding hydrogens is 544 g/mol. The molecule has 2 amide bonds. The summed E-state index contributed by atoms with van der Waals surface area (Å²) in [5.41, 5.74) is 7.41. The third kappa shape index (κ3) is 5.54. The van der Waals surface area contributed by atoms with Crippen LogP contribution in [0.2, 0.25) is 0 Å². The van der Waals surface area contributed by atoms with Crippen LogP contribution in [0, 0.1) is 6.92 Å². The molecule has 14 nitrogen and oxygen atoms in total. The number of carbonyl (C=O) groups is 3.